The highest BCUT2D eigenvalue weighted by atomic mass is 32.1. The van der Waals surface area contributed by atoms with Gasteiger partial charge in [0.1, 0.15) is 0 Å². The first kappa shape index (κ1) is 17.7. The minimum absolute atomic E-state index is 0.0808. The van der Waals surface area contributed by atoms with Crippen LogP contribution in [0.4, 0.5) is 5.69 Å². The minimum atomic E-state index is -0.122. The summed E-state index contributed by atoms with van der Waals surface area (Å²) in [7, 11) is 0. The molecule has 0 unspecified atom stereocenters. The molecule has 1 aromatic heterocycles. The third kappa shape index (κ3) is 4.52. The van der Waals surface area contributed by atoms with Crippen LogP contribution < -0.4 is 10.6 Å². The van der Waals surface area contributed by atoms with Crippen LogP contribution in [0.2, 0.25) is 0 Å². The number of aromatic nitrogens is 1. The second-order valence-corrected chi connectivity index (χ2v) is 7.89. The second-order valence-electron chi connectivity index (χ2n) is 6.77. The number of rotatable bonds is 7. The van der Waals surface area contributed by atoms with E-state index in [0.717, 1.165) is 36.2 Å². The van der Waals surface area contributed by atoms with Crippen LogP contribution in [0.15, 0.2) is 48.5 Å². The summed E-state index contributed by atoms with van der Waals surface area (Å²) >= 11 is 1.68. The Balaban J connectivity index is 1.32. The molecule has 2 amide bonds. The first-order valence-electron chi connectivity index (χ1n) is 9.23. The largest absolute Gasteiger partial charge is 0.349 e. The monoisotopic (exact) mass is 379 g/mol. The SMILES string of the molecule is O=C(CCCc1nc2ccccc2s1)Nc1ccccc1C(=O)NC1CC1. The van der Waals surface area contributed by atoms with Gasteiger partial charge in [0.25, 0.3) is 5.91 Å². The summed E-state index contributed by atoms with van der Waals surface area (Å²) in [6, 6.07) is 15.5. The summed E-state index contributed by atoms with van der Waals surface area (Å²) in [5, 5.41) is 6.89. The lowest BCUT2D eigenvalue weighted by molar-refractivity contribution is -0.116. The fourth-order valence-corrected chi connectivity index (χ4v) is 3.93. The van der Waals surface area contributed by atoms with Crippen molar-refractivity contribution in [2.24, 2.45) is 0 Å². The first-order chi connectivity index (χ1) is 13.2. The number of hydrogen-bond donors (Lipinski definition) is 2. The number of nitrogens with zero attached hydrogens (tertiary/aromatic N) is 1. The van der Waals surface area contributed by atoms with E-state index >= 15 is 0 Å². The molecule has 0 aliphatic heterocycles. The van der Waals surface area contributed by atoms with Gasteiger partial charge in [-0.2, -0.15) is 0 Å². The van der Waals surface area contributed by atoms with Crippen LogP contribution in [-0.2, 0) is 11.2 Å². The number of amides is 2. The summed E-state index contributed by atoms with van der Waals surface area (Å²) in [5.41, 5.74) is 2.10. The van der Waals surface area contributed by atoms with E-state index in [9.17, 15) is 9.59 Å². The number of aryl methyl sites for hydroxylation is 1. The standard InChI is InChI=1S/C21H21N3O2S/c25-19(10-5-11-20-24-17-8-3-4-9-18(17)27-20)23-16-7-2-1-6-15(16)21(26)22-14-12-13-14/h1-4,6-9,14H,5,10-13H2,(H,22,26)(H,23,25). The van der Waals surface area contributed by atoms with E-state index in [4.69, 9.17) is 0 Å². The molecule has 138 valence electrons. The van der Waals surface area contributed by atoms with Gasteiger partial charge < -0.3 is 10.6 Å². The molecule has 1 saturated carbocycles. The Morgan fingerprint density at radius 3 is 2.67 bits per heavy atom. The second kappa shape index (κ2) is 7.88. The number of para-hydroxylation sites is 2. The van der Waals surface area contributed by atoms with Crippen LogP contribution in [0.3, 0.4) is 0 Å². The van der Waals surface area contributed by atoms with E-state index in [-0.39, 0.29) is 17.9 Å². The topological polar surface area (TPSA) is 71.1 Å². The molecule has 27 heavy (non-hydrogen) atoms. The zero-order valence-corrected chi connectivity index (χ0v) is 15.7. The summed E-state index contributed by atoms with van der Waals surface area (Å²) in [5.74, 6) is -0.203. The van der Waals surface area contributed by atoms with Crippen LogP contribution in [0.25, 0.3) is 10.2 Å². The van der Waals surface area contributed by atoms with Crippen molar-refractivity contribution in [2.75, 3.05) is 5.32 Å². The quantitative estimate of drug-likeness (QED) is 0.648. The molecule has 1 heterocycles. The molecule has 1 fully saturated rings. The maximum atomic E-state index is 12.3. The lowest BCUT2D eigenvalue weighted by atomic mass is 10.1. The normalized spacial score (nSPS) is 13.5. The van der Waals surface area contributed by atoms with Gasteiger partial charge in [-0.15, -0.1) is 11.3 Å². The molecule has 3 aromatic rings. The molecular weight excluding hydrogens is 358 g/mol. The Kier molecular flexibility index (Phi) is 5.16. The minimum Gasteiger partial charge on any atom is -0.349 e. The fraction of sp³-hybridized carbons (Fsp3) is 0.286. The molecule has 1 aliphatic rings. The third-order valence-electron chi connectivity index (χ3n) is 4.49. The molecule has 4 rings (SSSR count). The van der Waals surface area contributed by atoms with Crippen molar-refractivity contribution in [3.63, 3.8) is 0 Å². The molecule has 2 aromatic carbocycles. The molecule has 6 heteroatoms. The zero-order valence-electron chi connectivity index (χ0n) is 14.9. The molecule has 2 N–H and O–H groups in total. The molecular formula is C21H21N3O2S. The van der Waals surface area contributed by atoms with E-state index in [2.05, 4.69) is 21.7 Å². The molecule has 0 saturated heterocycles. The van der Waals surface area contributed by atoms with Crippen LogP contribution in [0, 0.1) is 0 Å². The van der Waals surface area contributed by atoms with Gasteiger partial charge in [-0.05, 0) is 49.9 Å². The average Bonchev–Trinajstić information content (AvgIpc) is 3.38. The van der Waals surface area contributed by atoms with E-state index in [1.54, 1.807) is 23.5 Å². The van der Waals surface area contributed by atoms with Crippen molar-refractivity contribution in [3.8, 4) is 0 Å². The van der Waals surface area contributed by atoms with Gasteiger partial charge in [-0.25, -0.2) is 4.98 Å². The van der Waals surface area contributed by atoms with Crippen molar-refractivity contribution in [1.29, 1.82) is 0 Å². The highest BCUT2D eigenvalue weighted by Gasteiger charge is 2.24. The highest BCUT2D eigenvalue weighted by Crippen LogP contribution is 2.23. The number of nitrogens with one attached hydrogen (secondary N) is 2. The summed E-state index contributed by atoms with van der Waals surface area (Å²) in [6.45, 7) is 0. The molecule has 5 nitrogen and oxygen atoms in total. The first-order valence-corrected chi connectivity index (χ1v) is 10.0. The maximum absolute atomic E-state index is 12.3. The Morgan fingerprint density at radius 1 is 1.07 bits per heavy atom. The number of carbonyl (C=O) groups excluding carboxylic acids is 2. The third-order valence-corrected chi connectivity index (χ3v) is 5.59. The average molecular weight is 379 g/mol. The number of anilines is 1. The van der Waals surface area contributed by atoms with E-state index in [0.29, 0.717) is 17.7 Å². The van der Waals surface area contributed by atoms with Crippen LogP contribution >= 0.6 is 11.3 Å². The fourth-order valence-electron chi connectivity index (χ4n) is 2.92. The Hall–Kier alpha value is -2.73. The van der Waals surface area contributed by atoms with E-state index < -0.39 is 0 Å². The van der Waals surface area contributed by atoms with Crippen LogP contribution in [0.5, 0.6) is 0 Å². The summed E-state index contributed by atoms with van der Waals surface area (Å²) in [4.78, 5) is 29.2. The van der Waals surface area contributed by atoms with Gasteiger partial charge in [-0.3, -0.25) is 9.59 Å². The predicted molar refractivity (Wildman–Crippen MR) is 108 cm³/mol. The van der Waals surface area contributed by atoms with E-state index in [1.165, 1.54) is 4.70 Å². The van der Waals surface area contributed by atoms with Crippen LogP contribution in [-0.4, -0.2) is 22.8 Å². The van der Waals surface area contributed by atoms with Gasteiger partial charge in [0.15, 0.2) is 0 Å². The van der Waals surface area contributed by atoms with Crippen molar-refractivity contribution >= 4 is 39.1 Å². The lowest BCUT2D eigenvalue weighted by Crippen LogP contribution is -2.26. The lowest BCUT2D eigenvalue weighted by Gasteiger charge is -2.11. The molecule has 0 atom stereocenters. The highest BCUT2D eigenvalue weighted by molar-refractivity contribution is 7.18. The number of thiazole rings is 1. The van der Waals surface area contributed by atoms with Crippen molar-refractivity contribution in [3.05, 3.63) is 59.1 Å². The maximum Gasteiger partial charge on any atom is 0.253 e. The number of fused-ring (bicyclic) bond motifs is 1. The Labute approximate surface area is 161 Å². The van der Waals surface area contributed by atoms with Crippen molar-refractivity contribution < 1.29 is 9.59 Å². The van der Waals surface area contributed by atoms with Gasteiger partial charge in [-0.1, -0.05) is 24.3 Å². The van der Waals surface area contributed by atoms with Crippen molar-refractivity contribution in [2.45, 2.75) is 38.1 Å². The smallest absolute Gasteiger partial charge is 0.253 e. The van der Waals surface area contributed by atoms with Gasteiger partial charge in [0.2, 0.25) is 5.91 Å². The number of benzene rings is 2. The summed E-state index contributed by atoms with van der Waals surface area (Å²) < 4.78 is 1.17. The zero-order chi connectivity index (χ0) is 18.6. The predicted octanol–water partition coefficient (Wildman–Crippen LogP) is 4.15. The van der Waals surface area contributed by atoms with Gasteiger partial charge >= 0.3 is 0 Å². The molecule has 1 aliphatic carbocycles. The van der Waals surface area contributed by atoms with Crippen molar-refractivity contribution in [1.82, 2.24) is 10.3 Å². The summed E-state index contributed by atoms with van der Waals surface area (Å²) in [6.07, 6.45) is 3.96. The molecule has 0 radical (unpaired) electrons. The molecule has 0 spiro atoms. The van der Waals surface area contributed by atoms with Gasteiger partial charge in [0, 0.05) is 12.5 Å². The Morgan fingerprint density at radius 2 is 1.85 bits per heavy atom. The van der Waals surface area contributed by atoms with Gasteiger partial charge in [0.05, 0.1) is 26.5 Å². The van der Waals surface area contributed by atoms with E-state index in [1.807, 2.05) is 30.3 Å². The van der Waals surface area contributed by atoms with Crippen LogP contribution in [0.1, 0.15) is 41.0 Å². The molecule has 0 bridgehead atoms. The number of hydrogen-bond acceptors (Lipinski definition) is 4. The Bertz CT molecular complexity index is 945. The number of carbonyl (C=O) groups is 2.